The lowest BCUT2D eigenvalue weighted by Gasteiger charge is -2.23. The Morgan fingerprint density at radius 2 is 2.11 bits per heavy atom. The van der Waals surface area contributed by atoms with Crippen LogP contribution in [0.1, 0.15) is 33.0 Å². The van der Waals surface area contributed by atoms with E-state index >= 15 is 0 Å². The van der Waals surface area contributed by atoms with Gasteiger partial charge in [0.1, 0.15) is 4.88 Å². The van der Waals surface area contributed by atoms with Crippen molar-refractivity contribution in [2.75, 3.05) is 18.4 Å². The molecule has 2 aromatic rings. The van der Waals surface area contributed by atoms with Crippen molar-refractivity contribution in [3.8, 4) is 11.8 Å². The van der Waals surface area contributed by atoms with Crippen molar-refractivity contribution in [2.24, 2.45) is 5.73 Å². The first-order valence-corrected chi connectivity index (χ1v) is 9.43. The van der Waals surface area contributed by atoms with E-state index in [2.05, 4.69) is 27.8 Å². The van der Waals surface area contributed by atoms with Crippen molar-refractivity contribution in [2.45, 2.75) is 18.9 Å². The second kappa shape index (κ2) is 8.82. The summed E-state index contributed by atoms with van der Waals surface area (Å²) in [7, 11) is 0. The van der Waals surface area contributed by atoms with Crippen LogP contribution in [0.3, 0.4) is 0 Å². The van der Waals surface area contributed by atoms with Crippen molar-refractivity contribution >= 4 is 29.0 Å². The first kappa shape index (κ1) is 19.8. The van der Waals surface area contributed by atoms with Gasteiger partial charge < -0.3 is 21.7 Å². The van der Waals surface area contributed by atoms with Crippen LogP contribution in [-0.2, 0) is 0 Å². The standard InChI is InChI=1S/C19H18F2N4O2S/c20-14-5-1-3-11(16(14)21)6-7-13-9-15(25-19(22)27)17(28-13)18(26)24-12-4-2-8-23-10-12/h1,3,5,9,12,23H,2,4,8,10H2,(H,24,26)(H3,22,25,27). The van der Waals surface area contributed by atoms with E-state index in [1.54, 1.807) is 0 Å². The number of amides is 3. The van der Waals surface area contributed by atoms with Crippen molar-refractivity contribution in [1.82, 2.24) is 10.6 Å². The summed E-state index contributed by atoms with van der Waals surface area (Å²) < 4.78 is 27.0. The highest BCUT2D eigenvalue weighted by Gasteiger charge is 2.21. The zero-order valence-electron chi connectivity index (χ0n) is 14.8. The summed E-state index contributed by atoms with van der Waals surface area (Å²) in [6.07, 6.45) is 1.81. The van der Waals surface area contributed by atoms with Crippen LogP contribution in [0.25, 0.3) is 0 Å². The van der Waals surface area contributed by atoms with E-state index in [0.717, 1.165) is 36.8 Å². The highest BCUT2D eigenvalue weighted by atomic mass is 32.1. The number of nitrogens with one attached hydrogen (secondary N) is 3. The normalized spacial score (nSPS) is 16.0. The van der Waals surface area contributed by atoms with Gasteiger partial charge in [-0.05, 0) is 37.6 Å². The Balaban J connectivity index is 1.85. The number of rotatable bonds is 3. The van der Waals surface area contributed by atoms with E-state index < -0.39 is 17.7 Å². The van der Waals surface area contributed by atoms with Crippen molar-refractivity contribution in [1.29, 1.82) is 0 Å². The first-order chi connectivity index (χ1) is 13.4. The van der Waals surface area contributed by atoms with Crippen LogP contribution in [0.4, 0.5) is 19.3 Å². The lowest BCUT2D eigenvalue weighted by Crippen LogP contribution is -2.45. The largest absolute Gasteiger partial charge is 0.351 e. The maximum atomic E-state index is 13.7. The summed E-state index contributed by atoms with van der Waals surface area (Å²) in [4.78, 5) is 24.5. The van der Waals surface area contributed by atoms with Crippen LogP contribution < -0.4 is 21.7 Å². The van der Waals surface area contributed by atoms with Gasteiger partial charge in [-0.3, -0.25) is 4.79 Å². The minimum absolute atomic E-state index is 0.0132. The number of anilines is 1. The van der Waals surface area contributed by atoms with E-state index in [0.29, 0.717) is 11.4 Å². The predicted molar refractivity (Wildman–Crippen MR) is 103 cm³/mol. The molecule has 5 N–H and O–H groups in total. The molecule has 28 heavy (non-hydrogen) atoms. The van der Waals surface area contributed by atoms with E-state index in [9.17, 15) is 18.4 Å². The van der Waals surface area contributed by atoms with Gasteiger partial charge >= 0.3 is 6.03 Å². The average Bonchev–Trinajstić information content (AvgIpc) is 3.06. The minimum atomic E-state index is -1.04. The van der Waals surface area contributed by atoms with Gasteiger partial charge in [0, 0.05) is 12.6 Å². The van der Waals surface area contributed by atoms with E-state index in [1.165, 1.54) is 18.2 Å². The number of carbonyl (C=O) groups excluding carboxylic acids is 2. The van der Waals surface area contributed by atoms with Gasteiger partial charge in [0.05, 0.1) is 16.1 Å². The van der Waals surface area contributed by atoms with Gasteiger partial charge in [0.25, 0.3) is 5.91 Å². The zero-order chi connectivity index (χ0) is 20.1. The van der Waals surface area contributed by atoms with E-state index in [-0.39, 0.29) is 28.1 Å². The molecule has 1 fully saturated rings. The Morgan fingerprint density at radius 1 is 1.29 bits per heavy atom. The molecule has 1 saturated heterocycles. The molecule has 2 heterocycles. The molecule has 6 nitrogen and oxygen atoms in total. The highest BCUT2D eigenvalue weighted by Crippen LogP contribution is 2.27. The fraction of sp³-hybridized carbons (Fsp3) is 0.263. The monoisotopic (exact) mass is 404 g/mol. The number of nitrogens with two attached hydrogens (primary N) is 1. The van der Waals surface area contributed by atoms with Crippen molar-refractivity contribution in [3.05, 3.63) is 51.2 Å². The fourth-order valence-corrected chi connectivity index (χ4v) is 3.67. The Morgan fingerprint density at radius 3 is 2.82 bits per heavy atom. The molecule has 1 unspecified atom stereocenters. The molecule has 1 aliphatic heterocycles. The Hall–Kier alpha value is -2.96. The van der Waals surface area contributed by atoms with Crippen LogP contribution in [0, 0.1) is 23.5 Å². The van der Waals surface area contributed by atoms with Gasteiger partial charge in [0.15, 0.2) is 11.6 Å². The molecule has 3 rings (SSSR count). The van der Waals surface area contributed by atoms with Crippen molar-refractivity contribution < 1.29 is 18.4 Å². The lowest BCUT2D eigenvalue weighted by atomic mass is 10.1. The molecule has 0 bridgehead atoms. The third-order valence-electron chi connectivity index (χ3n) is 4.10. The second-order valence-electron chi connectivity index (χ2n) is 6.21. The van der Waals surface area contributed by atoms with Crippen LogP contribution in [-0.4, -0.2) is 31.1 Å². The lowest BCUT2D eigenvalue weighted by molar-refractivity contribution is 0.0935. The molecule has 0 spiro atoms. The van der Waals surface area contributed by atoms with Gasteiger partial charge in [0.2, 0.25) is 0 Å². The number of hydrogen-bond donors (Lipinski definition) is 4. The Bertz CT molecular complexity index is 959. The zero-order valence-corrected chi connectivity index (χ0v) is 15.6. The molecule has 9 heteroatoms. The summed E-state index contributed by atoms with van der Waals surface area (Å²) in [6, 6.07) is 4.36. The number of carbonyl (C=O) groups is 2. The first-order valence-electron chi connectivity index (χ1n) is 8.62. The number of urea groups is 1. The average molecular weight is 404 g/mol. The van der Waals surface area contributed by atoms with Crippen molar-refractivity contribution in [3.63, 3.8) is 0 Å². The van der Waals surface area contributed by atoms with Gasteiger partial charge in [-0.15, -0.1) is 11.3 Å². The molecule has 1 aliphatic rings. The Labute approximate surface area is 164 Å². The third-order valence-corrected chi connectivity index (χ3v) is 5.15. The number of hydrogen-bond acceptors (Lipinski definition) is 4. The Kier molecular flexibility index (Phi) is 6.23. The number of halogens is 2. The van der Waals surface area contributed by atoms with Crippen LogP contribution >= 0.6 is 11.3 Å². The van der Waals surface area contributed by atoms with Crippen LogP contribution in [0.2, 0.25) is 0 Å². The van der Waals surface area contributed by atoms with E-state index in [1.807, 2.05) is 0 Å². The molecular weight excluding hydrogens is 386 g/mol. The molecule has 146 valence electrons. The minimum Gasteiger partial charge on any atom is -0.351 e. The van der Waals surface area contributed by atoms with Gasteiger partial charge in [-0.1, -0.05) is 17.9 Å². The van der Waals surface area contributed by atoms with E-state index in [4.69, 9.17) is 5.73 Å². The molecular formula is C19H18F2N4O2S. The molecule has 3 amide bonds. The molecule has 0 radical (unpaired) electrons. The maximum Gasteiger partial charge on any atom is 0.316 e. The fourth-order valence-electron chi connectivity index (χ4n) is 2.80. The smallest absolute Gasteiger partial charge is 0.316 e. The summed E-state index contributed by atoms with van der Waals surface area (Å²) >= 11 is 1.03. The summed E-state index contributed by atoms with van der Waals surface area (Å²) in [6.45, 7) is 1.58. The SMILES string of the molecule is NC(=O)Nc1cc(C#Cc2cccc(F)c2F)sc1C(=O)NC1CCCNC1. The summed E-state index contributed by atoms with van der Waals surface area (Å²) in [5.41, 5.74) is 5.30. The molecule has 1 aromatic heterocycles. The topological polar surface area (TPSA) is 96.2 Å². The predicted octanol–water partition coefficient (Wildman–Crippen LogP) is 2.40. The summed E-state index contributed by atoms with van der Waals surface area (Å²) in [5.74, 6) is 2.86. The number of primary amides is 1. The molecule has 0 saturated carbocycles. The number of benzene rings is 1. The molecule has 1 aromatic carbocycles. The number of piperidine rings is 1. The van der Waals surface area contributed by atoms with Gasteiger partial charge in [-0.2, -0.15) is 0 Å². The molecule has 1 atom stereocenters. The van der Waals surface area contributed by atoms with Crippen LogP contribution in [0.15, 0.2) is 24.3 Å². The third kappa shape index (κ3) is 4.85. The van der Waals surface area contributed by atoms with Crippen LogP contribution in [0.5, 0.6) is 0 Å². The number of thiophene rings is 1. The second-order valence-corrected chi connectivity index (χ2v) is 7.26. The summed E-state index contributed by atoms with van der Waals surface area (Å²) in [5, 5.41) is 8.52. The van der Waals surface area contributed by atoms with Gasteiger partial charge in [-0.25, -0.2) is 13.6 Å². The quantitative estimate of drug-likeness (QED) is 0.592. The molecule has 0 aliphatic carbocycles. The maximum absolute atomic E-state index is 13.7. The highest BCUT2D eigenvalue weighted by molar-refractivity contribution is 7.15.